The highest BCUT2D eigenvalue weighted by Crippen LogP contribution is 2.60. The average molecular weight is 251 g/mol. The second-order valence-corrected chi connectivity index (χ2v) is 7.00. The molecule has 0 aromatic rings. The number of nitrogens with two attached hydrogens (primary N) is 1. The van der Waals surface area contributed by atoms with E-state index in [4.69, 9.17) is 15.2 Å². The first-order valence-corrected chi connectivity index (χ1v) is 7.79. The summed E-state index contributed by atoms with van der Waals surface area (Å²) < 4.78 is 12.2. The van der Waals surface area contributed by atoms with Gasteiger partial charge in [-0.3, -0.25) is 0 Å². The fourth-order valence-electron chi connectivity index (χ4n) is 5.82. The van der Waals surface area contributed by atoms with Crippen molar-refractivity contribution in [3.8, 4) is 0 Å². The Morgan fingerprint density at radius 1 is 0.889 bits per heavy atom. The highest BCUT2D eigenvalue weighted by Gasteiger charge is 2.57. The monoisotopic (exact) mass is 251 g/mol. The molecule has 0 amide bonds. The molecule has 18 heavy (non-hydrogen) atoms. The van der Waals surface area contributed by atoms with Gasteiger partial charge < -0.3 is 15.2 Å². The van der Waals surface area contributed by atoms with Crippen LogP contribution >= 0.6 is 0 Å². The molecule has 5 aliphatic rings. The molecule has 1 saturated heterocycles. The summed E-state index contributed by atoms with van der Waals surface area (Å²) in [5.41, 5.74) is 5.83. The predicted molar refractivity (Wildman–Crippen MR) is 68.8 cm³/mol. The number of hydrogen-bond donors (Lipinski definition) is 1. The summed E-state index contributed by atoms with van der Waals surface area (Å²) in [6.45, 7) is 2.22. The molecule has 5 fully saturated rings. The SMILES string of the molecule is NCCC1(C2C3CC4CC(C3)CC2C4)OCCO1. The lowest BCUT2D eigenvalue weighted by Crippen LogP contribution is -2.56. The summed E-state index contributed by atoms with van der Waals surface area (Å²) in [4.78, 5) is 0. The Labute approximate surface area is 109 Å². The Kier molecular flexibility index (Phi) is 2.72. The van der Waals surface area contributed by atoms with E-state index in [0.717, 1.165) is 43.3 Å². The number of rotatable bonds is 3. The third-order valence-electron chi connectivity index (χ3n) is 6.00. The van der Waals surface area contributed by atoms with E-state index in [1.54, 1.807) is 0 Å². The summed E-state index contributed by atoms with van der Waals surface area (Å²) >= 11 is 0. The van der Waals surface area contributed by atoms with Crippen molar-refractivity contribution in [2.75, 3.05) is 19.8 Å². The summed E-state index contributed by atoms with van der Waals surface area (Å²) in [5, 5.41) is 0. The lowest BCUT2D eigenvalue weighted by atomic mass is 9.50. The van der Waals surface area contributed by atoms with Crippen LogP contribution in [0.3, 0.4) is 0 Å². The van der Waals surface area contributed by atoms with Gasteiger partial charge in [0.1, 0.15) is 0 Å². The van der Waals surface area contributed by atoms with Gasteiger partial charge in [0.2, 0.25) is 0 Å². The third kappa shape index (κ3) is 1.60. The van der Waals surface area contributed by atoms with E-state index in [1.165, 1.54) is 32.1 Å². The molecule has 2 N–H and O–H groups in total. The normalized spacial score (nSPS) is 48.8. The van der Waals surface area contributed by atoms with Gasteiger partial charge in [-0.15, -0.1) is 0 Å². The van der Waals surface area contributed by atoms with Gasteiger partial charge in [0.15, 0.2) is 5.79 Å². The van der Waals surface area contributed by atoms with Gasteiger partial charge in [-0.1, -0.05) is 0 Å². The first kappa shape index (κ1) is 11.7. The topological polar surface area (TPSA) is 44.5 Å². The summed E-state index contributed by atoms with van der Waals surface area (Å²) in [6, 6.07) is 0. The van der Waals surface area contributed by atoms with Crippen LogP contribution in [0.15, 0.2) is 0 Å². The van der Waals surface area contributed by atoms with Gasteiger partial charge in [0.05, 0.1) is 13.2 Å². The van der Waals surface area contributed by atoms with Crippen LogP contribution in [-0.2, 0) is 9.47 Å². The van der Waals surface area contributed by atoms with E-state index in [-0.39, 0.29) is 5.79 Å². The molecular weight excluding hydrogens is 226 g/mol. The van der Waals surface area contributed by atoms with Crippen molar-refractivity contribution < 1.29 is 9.47 Å². The number of ether oxygens (including phenoxy) is 2. The van der Waals surface area contributed by atoms with Crippen molar-refractivity contribution in [3.63, 3.8) is 0 Å². The zero-order chi connectivity index (χ0) is 12.2. The van der Waals surface area contributed by atoms with Crippen molar-refractivity contribution in [2.45, 2.75) is 44.3 Å². The van der Waals surface area contributed by atoms with Crippen LogP contribution in [0.4, 0.5) is 0 Å². The van der Waals surface area contributed by atoms with E-state index in [2.05, 4.69) is 0 Å². The minimum absolute atomic E-state index is 0.308. The van der Waals surface area contributed by atoms with Crippen molar-refractivity contribution in [1.82, 2.24) is 0 Å². The summed E-state index contributed by atoms with van der Waals surface area (Å²) in [5.74, 6) is 4.06. The standard InChI is InChI=1S/C15H25NO2/c16-2-1-15(17-3-4-18-15)14-12-6-10-5-11(8-12)9-13(14)7-10/h10-14H,1-9,16H2. The Morgan fingerprint density at radius 2 is 1.44 bits per heavy atom. The Bertz CT molecular complexity index is 296. The van der Waals surface area contributed by atoms with Crippen LogP contribution in [0.5, 0.6) is 0 Å². The Morgan fingerprint density at radius 3 is 1.94 bits per heavy atom. The maximum absolute atomic E-state index is 6.10. The molecule has 1 aliphatic heterocycles. The minimum atomic E-state index is -0.308. The molecule has 5 rings (SSSR count). The molecule has 0 aromatic heterocycles. The van der Waals surface area contributed by atoms with Crippen LogP contribution in [-0.4, -0.2) is 25.5 Å². The maximum atomic E-state index is 6.10. The fraction of sp³-hybridized carbons (Fsp3) is 1.00. The predicted octanol–water partition coefficient (Wildman–Crippen LogP) is 2.15. The second-order valence-electron chi connectivity index (χ2n) is 7.00. The van der Waals surface area contributed by atoms with E-state index in [9.17, 15) is 0 Å². The van der Waals surface area contributed by atoms with Gasteiger partial charge in [-0.25, -0.2) is 0 Å². The van der Waals surface area contributed by atoms with E-state index < -0.39 is 0 Å². The molecule has 102 valence electrons. The summed E-state index contributed by atoms with van der Waals surface area (Å²) in [6.07, 6.45) is 8.10. The highest BCUT2D eigenvalue weighted by molar-refractivity contribution is 5.03. The number of hydrogen-bond acceptors (Lipinski definition) is 3. The Hall–Kier alpha value is -0.120. The molecule has 0 unspecified atom stereocenters. The van der Waals surface area contributed by atoms with Gasteiger partial charge in [0, 0.05) is 12.3 Å². The summed E-state index contributed by atoms with van der Waals surface area (Å²) in [7, 11) is 0. The van der Waals surface area contributed by atoms with Gasteiger partial charge in [0.25, 0.3) is 0 Å². The van der Waals surface area contributed by atoms with Gasteiger partial charge in [-0.05, 0) is 62.3 Å². The Balaban J connectivity index is 1.63. The van der Waals surface area contributed by atoms with Crippen molar-refractivity contribution >= 4 is 0 Å². The molecule has 0 aromatic carbocycles. The first-order valence-electron chi connectivity index (χ1n) is 7.79. The molecule has 4 aliphatic carbocycles. The van der Waals surface area contributed by atoms with Gasteiger partial charge in [-0.2, -0.15) is 0 Å². The van der Waals surface area contributed by atoms with Crippen molar-refractivity contribution in [2.24, 2.45) is 35.3 Å². The quantitative estimate of drug-likeness (QED) is 0.836. The van der Waals surface area contributed by atoms with Crippen LogP contribution in [0.1, 0.15) is 38.5 Å². The molecule has 0 radical (unpaired) electrons. The van der Waals surface area contributed by atoms with Crippen molar-refractivity contribution in [3.05, 3.63) is 0 Å². The van der Waals surface area contributed by atoms with E-state index in [0.29, 0.717) is 12.5 Å². The second kappa shape index (κ2) is 4.19. The molecular formula is C15H25NO2. The average Bonchev–Trinajstić information content (AvgIpc) is 2.77. The zero-order valence-electron chi connectivity index (χ0n) is 11.1. The van der Waals surface area contributed by atoms with Crippen LogP contribution in [0.2, 0.25) is 0 Å². The maximum Gasteiger partial charge on any atom is 0.172 e. The third-order valence-corrected chi connectivity index (χ3v) is 6.00. The lowest BCUT2D eigenvalue weighted by molar-refractivity contribution is -0.251. The van der Waals surface area contributed by atoms with E-state index in [1.807, 2.05) is 0 Å². The lowest BCUT2D eigenvalue weighted by Gasteiger charge is -2.58. The molecule has 3 nitrogen and oxygen atoms in total. The smallest absolute Gasteiger partial charge is 0.172 e. The van der Waals surface area contributed by atoms with Crippen LogP contribution < -0.4 is 5.73 Å². The molecule has 0 spiro atoms. The van der Waals surface area contributed by atoms with Crippen LogP contribution in [0, 0.1) is 29.6 Å². The highest BCUT2D eigenvalue weighted by atomic mass is 16.7. The first-order chi connectivity index (χ1) is 8.81. The molecule has 4 saturated carbocycles. The van der Waals surface area contributed by atoms with Crippen molar-refractivity contribution in [1.29, 1.82) is 0 Å². The fourth-order valence-corrected chi connectivity index (χ4v) is 5.82. The molecule has 1 heterocycles. The molecule has 4 bridgehead atoms. The van der Waals surface area contributed by atoms with E-state index >= 15 is 0 Å². The zero-order valence-corrected chi connectivity index (χ0v) is 11.1. The largest absolute Gasteiger partial charge is 0.347 e. The molecule has 0 atom stereocenters. The van der Waals surface area contributed by atoms with Gasteiger partial charge >= 0.3 is 0 Å². The van der Waals surface area contributed by atoms with Crippen LogP contribution in [0.25, 0.3) is 0 Å². The minimum Gasteiger partial charge on any atom is -0.347 e. The molecule has 3 heteroatoms.